The molecular weight excluding hydrogens is 290 g/mol. The van der Waals surface area contributed by atoms with Crippen LogP contribution in [0, 0.1) is 3.57 Å². The van der Waals surface area contributed by atoms with Crippen molar-refractivity contribution in [2.24, 2.45) is 0 Å². The number of hydrogen-bond donors (Lipinski definition) is 1. The van der Waals surface area contributed by atoms with Gasteiger partial charge in [-0.2, -0.15) is 0 Å². The molecule has 4 heteroatoms. The molecule has 2 nitrogen and oxygen atoms in total. The van der Waals surface area contributed by atoms with E-state index in [1.54, 1.807) is 6.07 Å². The first-order valence-corrected chi connectivity index (χ1v) is 4.67. The van der Waals surface area contributed by atoms with E-state index < -0.39 is 0 Å². The van der Waals surface area contributed by atoms with Crippen LogP contribution in [0.25, 0.3) is 0 Å². The van der Waals surface area contributed by atoms with Crippen molar-refractivity contribution < 1.29 is 9.90 Å². The number of rotatable bonds is 1. The van der Waals surface area contributed by atoms with Crippen LogP contribution in [0.2, 0.25) is 5.02 Å². The van der Waals surface area contributed by atoms with Crippen molar-refractivity contribution in [2.45, 2.75) is 6.92 Å². The predicted molar refractivity (Wildman–Crippen MR) is 55.8 cm³/mol. The van der Waals surface area contributed by atoms with Gasteiger partial charge in [-0.15, -0.1) is 0 Å². The average Bonchev–Trinajstić information content (AvgIpc) is 1.96. The van der Waals surface area contributed by atoms with Gasteiger partial charge in [-0.1, -0.05) is 11.6 Å². The highest BCUT2D eigenvalue weighted by molar-refractivity contribution is 14.1. The first-order valence-electron chi connectivity index (χ1n) is 3.21. The lowest BCUT2D eigenvalue weighted by molar-refractivity contribution is 0.101. The van der Waals surface area contributed by atoms with Crippen LogP contribution >= 0.6 is 34.2 Å². The molecule has 0 bridgehead atoms. The van der Waals surface area contributed by atoms with Crippen LogP contribution in [0.5, 0.6) is 5.75 Å². The maximum Gasteiger partial charge on any atom is 0.161 e. The molecule has 0 amide bonds. The van der Waals surface area contributed by atoms with Gasteiger partial charge in [0.15, 0.2) is 5.78 Å². The highest BCUT2D eigenvalue weighted by Gasteiger charge is 2.10. The van der Waals surface area contributed by atoms with E-state index in [1.165, 1.54) is 13.0 Å². The summed E-state index contributed by atoms with van der Waals surface area (Å²) in [6.07, 6.45) is 0. The first kappa shape index (κ1) is 9.80. The number of aromatic hydroxyl groups is 1. The van der Waals surface area contributed by atoms with Gasteiger partial charge in [0.05, 0.1) is 3.57 Å². The van der Waals surface area contributed by atoms with Gasteiger partial charge in [0, 0.05) is 10.6 Å². The molecule has 0 fully saturated rings. The molecule has 1 aromatic rings. The molecule has 1 N–H and O–H groups in total. The van der Waals surface area contributed by atoms with Gasteiger partial charge in [-0.25, -0.2) is 0 Å². The van der Waals surface area contributed by atoms with Crippen molar-refractivity contribution in [3.63, 3.8) is 0 Å². The summed E-state index contributed by atoms with van der Waals surface area (Å²) in [5, 5.41) is 9.66. The van der Waals surface area contributed by atoms with Crippen LogP contribution in [0.15, 0.2) is 12.1 Å². The Kier molecular flexibility index (Phi) is 2.95. The molecule has 0 unspecified atom stereocenters. The Balaban J connectivity index is 3.37. The van der Waals surface area contributed by atoms with E-state index in [1.807, 2.05) is 22.6 Å². The highest BCUT2D eigenvalue weighted by atomic mass is 127. The molecule has 0 aliphatic heterocycles. The van der Waals surface area contributed by atoms with Crippen molar-refractivity contribution in [2.75, 3.05) is 0 Å². The van der Waals surface area contributed by atoms with Gasteiger partial charge in [0.25, 0.3) is 0 Å². The topological polar surface area (TPSA) is 37.3 Å². The molecule has 0 atom stereocenters. The third-order valence-electron chi connectivity index (χ3n) is 1.40. The molecule has 0 aromatic heterocycles. The molecule has 64 valence electrons. The van der Waals surface area contributed by atoms with Gasteiger partial charge in [-0.3, -0.25) is 4.79 Å². The van der Waals surface area contributed by atoms with Crippen molar-refractivity contribution in [3.8, 4) is 5.75 Å². The summed E-state index contributed by atoms with van der Waals surface area (Å²) < 4.78 is 0.546. The Morgan fingerprint density at radius 3 is 2.67 bits per heavy atom. The fourth-order valence-corrected chi connectivity index (χ4v) is 1.73. The molecule has 1 aromatic carbocycles. The number of Topliss-reactive ketones (excluding diaryl/α,β-unsaturated/α-hetero) is 1. The second kappa shape index (κ2) is 3.62. The summed E-state index contributed by atoms with van der Waals surface area (Å²) >= 11 is 7.56. The summed E-state index contributed by atoms with van der Waals surface area (Å²) in [7, 11) is 0. The maximum absolute atomic E-state index is 11.0. The molecule has 0 aliphatic carbocycles. The third kappa shape index (κ3) is 1.90. The summed E-state index contributed by atoms with van der Waals surface area (Å²) in [4.78, 5) is 11.0. The van der Waals surface area contributed by atoms with E-state index in [0.29, 0.717) is 14.2 Å². The Morgan fingerprint density at radius 1 is 1.58 bits per heavy atom. The summed E-state index contributed by atoms with van der Waals surface area (Å²) in [5.41, 5.74) is 0.459. The lowest BCUT2D eigenvalue weighted by atomic mass is 10.1. The zero-order chi connectivity index (χ0) is 9.30. The number of hydrogen-bond acceptors (Lipinski definition) is 2. The quantitative estimate of drug-likeness (QED) is 0.639. The van der Waals surface area contributed by atoms with Crippen LogP contribution in [-0.2, 0) is 0 Å². The number of halogens is 2. The molecule has 0 spiro atoms. The summed E-state index contributed by atoms with van der Waals surface area (Å²) in [5.74, 6) is -0.0505. The maximum atomic E-state index is 11.0. The normalized spacial score (nSPS) is 9.92. The Labute approximate surface area is 88.7 Å². The average molecular weight is 296 g/mol. The number of phenolic OH excluding ortho intramolecular Hbond substituents is 1. The second-order valence-corrected chi connectivity index (χ2v) is 3.86. The van der Waals surface area contributed by atoms with E-state index >= 15 is 0 Å². The van der Waals surface area contributed by atoms with E-state index in [2.05, 4.69) is 0 Å². The Bertz CT molecular complexity index is 336. The van der Waals surface area contributed by atoms with Gasteiger partial charge >= 0.3 is 0 Å². The zero-order valence-corrected chi connectivity index (χ0v) is 9.18. The Morgan fingerprint density at radius 2 is 2.17 bits per heavy atom. The van der Waals surface area contributed by atoms with Gasteiger partial charge in [0.1, 0.15) is 5.75 Å². The fraction of sp³-hybridized carbons (Fsp3) is 0.125. The van der Waals surface area contributed by atoms with Crippen LogP contribution in [0.3, 0.4) is 0 Å². The third-order valence-corrected chi connectivity index (χ3v) is 2.75. The second-order valence-electron chi connectivity index (χ2n) is 2.34. The standard InChI is InChI=1S/C8H6ClIO2/c1-4(11)6-2-5(9)3-7(12)8(6)10/h2-3,12H,1H3. The molecular formula is C8H6ClIO2. The smallest absolute Gasteiger partial charge is 0.161 e. The zero-order valence-electron chi connectivity index (χ0n) is 6.27. The lowest BCUT2D eigenvalue weighted by Crippen LogP contribution is -1.95. The van der Waals surface area contributed by atoms with Gasteiger partial charge < -0.3 is 5.11 Å². The Hall–Kier alpha value is -0.290. The van der Waals surface area contributed by atoms with Crippen molar-refractivity contribution in [3.05, 3.63) is 26.3 Å². The van der Waals surface area contributed by atoms with Gasteiger partial charge in [0.2, 0.25) is 0 Å². The SMILES string of the molecule is CC(=O)c1cc(Cl)cc(O)c1I. The van der Waals surface area contributed by atoms with E-state index in [9.17, 15) is 9.90 Å². The van der Waals surface area contributed by atoms with E-state index in [0.717, 1.165) is 0 Å². The molecule has 0 heterocycles. The predicted octanol–water partition coefficient (Wildman–Crippen LogP) is 2.85. The number of phenols is 1. The van der Waals surface area contributed by atoms with E-state index in [-0.39, 0.29) is 11.5 Å². The molecule has 0 saturated heterocycles. The first-order chi connectivity index (χ1) is 5.52. The van der Waals surface area contributed by atoms with Crippen molar-refractivity contribution in [1.29, 1.82) is 0 Å². The fourth-order valence-electron chi connectivity index (χ4n) is 0.831. The van der Waals surface area contributed by atoms with Crippen molar-refractivity contribution in [1.82, 2.24) is 0 Å². The van der Waals surface area contributed by atoms with Gasteiger partial charge in [-0.05, 0) is 41.6 Å². The minimum atomic E-state index is -0.0998. The molecule has 0 aliphatic rings. The minimum absolute atomic E-state index is 0.0494. The lowest BCUT2D eigenvalue weighted by Gasteiger charge is -2.02. The van der Waals surface area contributed by atoms with E-state index in [4.69, 9.17) is 11.6 Å². The molecule has 1 rings (SSSR count). The largest absolute Gasteiger partial charge is 0.507 e. The van der Waals surface area contributed by atoms with Crippen molar-refractivity contribution >= 4 is 40.0 Å². The minimum Gasteiger partial charge on any atom is -0.507 e. The molecule has 0 radical (unpaired) electrons. The number of benzene rings is 1. The molecule has 0 saturated carbocycles. The van der Waals surface area contributed by atoms with Crippen LogP contribution in [0.1, 0.15) is 17.3 Å². The van der Waals surface area contributed by atoms with Crippen LogP contribution < -0.4 is 0 Å². The monoisotopic (exact) mass is 296 g/mol. The summed E-state index contributed by atoms with van der Waals surface area (Å²) in [6.45, 7) is 1.44. The van der Waals surface area contributed by atoms with Crippen LogP contribution in [0.4, 0.5) is 0 Å². The summed E-state index contributed by atoms with van der Waals surface area (Å²) in [6, 6.07) is 2.96. The number of carbonyl (C=O) groups excluding carboxylic acids is 1. The number of carbonyl (C=O) groups is 1. The highest BCUT2D eigenvalue weighted by Crippen LogP contribution is 2.27. The number of ketones is 1. The van der Waals surface area contributed by atoms with Crippen LogP contribution in [-0.4, -0.2) is 10.9 Å². The molecule has 12 heavy (non-hydrogen) atoms.